The van der Waals surface area contributed by atoms with E-state index in [0.29, 0.717) is 16.5 Å². The van der Waals surface area contributed by atoms with Gasteiger partial charge in [-0.15, -0.1) is 0 Å². The number of carbonyl (C=O) groups is 1. The van der Waals surface area contributed by atoms with E-state index < -0.39 is 5.54 Å². The van der Waals surface area contributed by atoms with Crippen LogP contribution < -0.4 is 11.1 Å². The van der Waals surface area contributed by atoms with Crippen LogP contribution in [-0.4, -0.2) is 41.2 Å². The van der Waals surface area contributed by atoms with E-state index in [1.54, 1.807) is 0 Å². The first-order chi connectivity index (χ1) is 8.18. The van der Waals surface area contributed by atoms with Gasteiger partial charge in [0.1, 0.15) is 0 Å². The average Bonchev–Trinajstić information content (AvgIpc) is 2.92. The Bertz CT molecular complexity index is 318. The predicted molar refractivity (Wildman–Crippen MR) is 67.9 cm³/mol. The molecule has 2 unspecified atom stereocenters. The molecule has 96 valence electrons. The fraction of sp³-hybridized carbons (Fsp3) is 0.917. The van der Waals surface area contributed by atoms with E-state index in [2.05, 4.69) is 5.32 Å². The molecule has 1 saturated heterocycles. The minimum Gasteiger partial charge on any atom is -0.379 e. The molecule has 0 aromatic carbocycles. The molecular formula is C12H20N2O2S. The summed E-state index contributed by atoms with van der Waals surface area (Å²) in [5.41, 5.74) is 5.20. The quantitative estimate of drug-likeness (QED) is 0.758. The fourth-order valence-electron chi connectivity index (χ4n) is 2.73. The molecule has 2 atom stereocenters. The van der Waals surface area contributed by atoms with Crippen LogP contribution in [-0.2, 0) is 9.53 Å². The van der Waals surface area contributed by atoms with E-state index in [9.17, 15) is 4.79 Å². The second-order valence-electron chi connectivity index (χ2n) is 5.53. The van der Waals surface area contributed by atoms with Crippen LogP contribution in [0, 0.1) is 0 Å². The van der Waals surface area contributed by atoms with E-state index in [1.807, 2.05) is 11.8 Å². The number of nitrogens with two attached hydrogens (primary N) is 1. The lowest BCUT2D eigenvalue weighted by Gasteiger charge is -2.30. The second-order valence-corrected chi connectivity index (χ2v) is 7.13. The van der Waals surface area contributed by atoms with E-state index in [1.165, 1.54) is 12.8 Å². The zero-order valence-corrected chi connectivity index (χ0v) is 10.8. The Kier molecular flexibility index (Phi) is 3.09. The molecule has 3 rings (SSSR count). The first-order valence-electron chi connectivity index (χ1n) is 6.49. The molecule has 1 heterocycles. The van der Waals surface area contributed by atoms with Gasteiger partial charge in [-0.3, -0.25) is 4.79 Å². The van der Waals surface area contributed by atoms with Gasteiger partial charge in [-0.2, -0.15) is 11.8 Å². The summed E-state index contributed by atoms with van der Waals surface area (Å²) in [7, 11) is 0. The summed E-state index contributed by atoms with van der Waals surface area (Å²) >= 11 is 1.99. The van der Waals surface area contributed by atoms with Crippen LogP contribution in [0.5, 0.6) is 0 Å². The maximum absolute atomic E-state index is 11.7. The Morgan fingerprint density at radius 1 is 1.29 bits per heavy atom. The number of primary amides is 1. The molecule has 0 aromatic rings. The Morgan fingerprint density at radius 3 is 2.59 bits per heavy atom. The van der Waals surface area contributed by atoms with Crippen LogP contribution in [0.4, 0.5) is 0 Å². The molecule has 2 saturated carbocycles. The standard InChI is InChI=1S/C12H20N2O2S/c13-11(15)12(14-8-1-2-8)4-3-9(5-12)17-10-6-16-7-10/h8-10,14H,1-7H2,(H2,13,15). The van der Waals surface area contributed by atoms with E-state index in [4.69, 9.17) is 10.5 Å². The average molecular weight is 256 g/mol. The number of ether oxygens (including phenoxy) is 1. The van der Waals surface area contributed by atoms with Crippen molar-refractivity contribution in [2.24, 2.45) is 5.73 Å². The molecule has 3 aliphatic rings. The van der Waals surface area contributed by atoms with Crippen molar-refractivity contribution in [1.82, 2.24) is 5.32 Å². The van der Waals surface area contributed by atoms with Crippen LogP contribution in [0.25, 0.3) is 0 Å². The number of thioether (sulfide) groups is 1. The summed E-state index contributed by atoms with van der Waals surface area (Å²) in [4.78, 5) is 11.7. The summed E-state index contributed by atoms with van der Waals surface area (Å²) < 4.78 is 5.19. The van der Waals surface area contributed by atoms with Crippen LogP contribution >= 0.6 is 11.8 Å². The third kappa shape index (κ3) is 2.46. The molecule has 4 nitrogen and oxygen atoms in total. The van der Waals surface area contributed by atoms with Crippen molar-refractivity contribution < 1.29 is 9.53 Å². The number of rotatable bonds is 5. The number of nitrogens with one attached hydrogen (secondary N) is 1. The first kappa shape index (κ1) is 11.8. The number of carbonyl (C=O) groups excluding carboxylic acids is 1. The SMILES string of the molecule is NC(=O)C1(NC2CC2)CCC(SC2COC2)C1. The summed E-state index contributed by atoms with van der Waals surface area (Å²) in [5.74, 6) is -0.155. The molecular weight excluding hydrogens is 236 g/mol. The zero-order valence-electron chi connectivity index (χ0n) is 9.98. The van der Waals surface area contributed by atoms with Crippen molar-refractivity contribution in [3.05, 3.63) is 0 Å². The summed E-state index contributed by atoms with van der Waals surface area (Å²) in [6, 6.07) is 0.540. The molecule has 1 aliphatic heterocycles. The first-order valence-corrected chi connectivity index (χ1v) is 7.43. The van der Waals surface area contributed by atoms with Crippen LogP contribution in [0.15, 0.2) is 0 Å². The second kappa shape index (κ2) is 4.44. The maximum atomic E-state index is 11.7. The van der Waals surface area contributed by atoms with Gasteiger partial charge in [0.15, 0.2) is 0 Å². The molecule has 2 aliphatic carbocycles. The molecule has 3 fully saturated rings. The third-order valence-electron chi connectivity index (χ3n) is 3.99. The van der Waals surface area contributed by atoms with Gasteiger partial charge in [0, 0.05) is 11.3 Å². The highest BCUT2D eigenvalue weighted by atomic mass is 32.2. The largest absolute Gasteiger partial charge is 0.379 e. The number of amides is 1. The van der Waals surface area contributed by atoms with Gasteiger partial charge in [-0.1, -0.05) is 0 Å². The van der Waals surface area contributed by atoms with Gasteiger partial charge in [0.05, 0.1) is 24.0 Å². The van der Waals surface area contributed by atoms with Crippen LogP contribution in [0.3, 0.4) is 0 Å². The van der Waals surface area contributed by atoms with Crippen LogP contribution in [0.2, 0.25) is 0 Å². The maximum Gasteiger partial charge on any atom is 0.237 e. The van der Waals surface area contributed by atoms with E-state index in [-0.39, 0.29) is 5.91 Å². The molecule has 5 heteroatoms. The summed E-state index contributed by atoms with van der Waals surface area (Å²) in [6.07, 6.45) is 5.31. The topological polar surface area (TPSA) is 64.4 Å². The Hall–Kier alpha value is -0.260. The Labute approximate surface area is 106 Å². The van der Waals surface area contributed by atoms with Gasteiger partial charge >= 0.3 is 0 Å². The molecule has 0 aromatic heterocycles. The van der Waals surface area contributed by atoms with Crippen molar-refractivity contribution >= 4 is 17.7 Å². The molecule has 17 heavy (non-hydrogen) atoms. The van der Waals surface area contributed by atoms with E-state index >= 15 is 0 Å². The highest BCUT2D eigenvalue weighted by Gasteiger charge is 2.47. The molecule has 0 spiro atoms. The van der Waals surface area contributed by atoms with Gasteiger partial charge < -0.3 is 15.8 Å². The van der Waals surface area contributed by atoms with Crippen molar-refractivity contribution in [2.45, 2.75) is 54.2 Å². The predicted octanol–water partition coefficient (Wildman–Crippen LogP) is 0.647. The van der Waals surface area contributed by atoms with Crippen molar-refractivity contribution in [3.8, 4) is 0 Å². The van der Waals surface area contributed by atoms with Gasteiger partial charge in [0.25, 0.3) is 0 Å². The number of hydrogen-bond acceptors (Lipinski definition) is 4. The highest BCUT2D eigenvalue weighted by Crippen LogP contribution is 2.41. The van der Waals surface area contributed by atoms with Crippen molar-refractivity contribution in [2.75, 3.05) is 13.2 Å². The Balaban J connectivity index is 1.59. The van der Waals surface area contributed by atoms with Crippen LogP contribution in [0.1, 0.15) is 32.1 Å². The van der Waals surface area contributed by atoms with Crippen molar-refractivity contribution in [1.29, 1.82) is 0 Å². The summed E-state index contributed by atoms with van der Waals surface area (Å²) in [5, 5.41) is 4.70. The molecule has 3 N–H and O–H groups in total. The monoisotopic (exact) mass is 256 g/mol. The Morgan fingerprint density at radius 2 is 2.06 bits per heavy atom. The normalized spacial score (nSPS) is 38.0. The zero-order chi connectivity index (χ0) is 11.9. The lowest BCUT2D eigenvalue weighted by Crippen LogP contribution is -2.54. The summed E-state index contributed by atoms with van der Waals surface area (Å²) in [6.45, 7) is 1.75. The minimum absolute atomic E-state index is 0.155. The minimum atomic E-state index is -0.413. The third-order valence-corrected chi connectivity index (χ3v) is 5.44. The van der Waals surface area contributed by atoms with E-state index in [0.717, 1.165) is 32.5 Å². The fourth-order valence-corrected chi connectivity index (χ4v) is 4.25. The lowest BCUT2D eigenvalue weighted by atomic mass is 9.96. The highest BCUT2D eigenvalue weighted by molar-refractivity contribution is 8.00. The molecule has 0 radical (unpaired) electrons. The lowest BCUT2D eigenvalue weighted by molar-refractivity contribution is -0.124. The van der Waals surface area contributed by atoms with Gasteiger partial charge in [-0.05, 0) is 32.1 Å². The molecule has 1 amide bonds. The van der Waals surface area contributed by atoms with Crippen molar-refractivity contribution in [3.63, 3.8) is 0 Å². The smallest absolute Gasteiger partial charge is 0.237 e. The molecule has 0 bridgehead atoms. The van der Waals surface area contributed by atoms with Gasteiger partial charge in [-0.25, -0.2) is 0 Å². The number of hydrogen-bond donors (Lipinski definition) is 2. The van der Waals surface area contributed by atoms with Gasteiger partial charge in [0.2, 0.25) is 5.91 Å².